The van der Waals surface area contributed by atoms with Gasteiger partial charge in [0.05, 0.1) is 22.4 Å². The van der Waals surface area contributed by atoms with Gasteiger partial charge in [0.2, 0.25) is 11.6 Å². The number of rotatable bonds is 8. The van der Waals surface area contributed by atoms with Crippen LogP contribution in [0.3, 0.4) is 0 Å². The number of nitrogen functional groups attached to an aromatic ring is 1. The molecule has 172 valence electrons. The number of hydrogen-bond donors (Lipinski definition) is 2. The number of amides is 1. The summed E-state index contributed by atoms with van der Waals surface area (Å²) in [5.74, 6) is -0.308. The van der Waals surface area contributed by atoms with Gasteiger partial charge in [0.25, 0.3) is 11.6 Å². The minimum absolute atomic E-state index is 0.0205. The molecule has 0 saturated carbocycles. The molecule has 0 spiro atoms. The molecule has 1 amide bonds. The molecular formula is C20H17N9O4S. The van der Waals surface area contributed by atoms with Gasteiger partial charge in [-0.1, -0.05) is 35.0 Å². The minimum Gasteiger partial charge on any atom is -0.378 e. The Morgan fingerprint density at radius 2 is 2.03 bits per heavy atom. The van der Waals surface area contributed by atoms with Gasteiger partial charge >= 0.3 is 0 Å². The van der Waals surface area contributed by atoms with Crippen LogP contribution in [0.25, 0.3) is 5.82 Å². The maximum absolute atomic E-state index is 12.8. The molecule has 0 atom stereocenters. The van der Waals surface area contributed by atoms with E-state index in [1.165, 1.54) is 40.9 Å². The van der Waals surface area contributed by atoms with Crippen molar-refractivity contribution in [3.05, 3.63) is 81.2 Å². The Hall–Kier alpha value is -4.59. The molecule has 4 rings (SSSR count). The fourth-order valence-corrected chi connectivity index (χ4v) is 3.77. The highest BCUT2D eigenvalue weighted by atomic mass is 32.2. The van der Waals surface area contributed by atoms with Crippen LogP contribution in [0.2, 0.25) is 0 Å². The van der Waals surface area contributed by atoms with Crippen LogP contribution in [0.5, 0.6) is 0 Å². The van der Waals surface area contributed by atoms with E-state index in [9.17, 15) is 14.9 Å². The van der Waals surface area contributed by atoms with E-state index in [-0.39, 0.29) is 28.6 Å². The van der Waals surface area contributed by atoms with Gasteiger partial charge in [0.15, 0.2) is 5.69 Å². The van der Waals surface area contributed by atoms with Crippen molar-refractivity contribution in [1.29, 1.82) is 0 Å². The SMILES string of the molecule is Cc1ccc(SCc2c(C(=O)NN=Cc3ccccc3[N+](=O)[O-])nnn2-c2nonc2N)cc1. The summed E-state index contributed by atoms with van der Waals surface area (Å²) in [6.45, 7) is 1.99. The zero-order valence-electron chi connectivity index (χ0n) is 17.7. The van der Waals surface area contributed by atoms with Gasteiger partial charge in [-0.25, -0.2) is 10.1 Å². The zero-order chi connectivity index (χ0) is 24.1. The van der Waals surface area contributed by atoms with Crippen LogP contribution in [0.1, 0.15) is 27.3 Å². The van der Waals surface area contributed by atoms with E-state index in [0.717, 1.165) is 10.5 Å². The van der Waals surface area contributed by atoms with Crippen LogP contribution < -0.4 is 11.2 Å². The fraction of sp³-hybridized carbons (Fsp3) is 0.100. The summed E-state index contributed by atoms with van der Waals surface area (Å²) in [6, 6.07) is 13.9. The topological polar surface area (TPSA) is 180 Å². The van der Waals surface area contributed by atoms with Crippen molar-refractivity contribution in [3.63, 3.8) is 0 Å². The van der Waals surface area contributed by atoms with Crippen molar-refractivity contribution in [2.45, 2.75) is 17.6 Å². The number of benzene rings is 2. The first-order valence-electron chi connectivity index (χ1n) is 9.73. The monoisotopic (exact) mass is 479 g/mol. The van der Waals surface area contributed by atoms with Crippen LogP contribution in [-0.4, -0.2) is 42.4 Å². The van der Waals surface area contributed by atoms with E-state index in [1.54, 1.807) is 6.07 Å². The number of nitrogens with one attached hydrogen (secondary N) is 1. The Labute approximate surface area is 196 Å². The Morgan fingerprint density at radius 3 is 2.74 bits per heavy atom. The molecule has 0 saturated heterocycles. The first-order valence-corrected chi connectivity index (χ1v) is 10.7. The van der Waals surface area contributed by atoms with E-state index in [1.807, 2.05) is 31.2 Å². The number of para-hydroxylation sites is 1. The molecule has 0 radical (unpaired) electrons. The number of carbonyl (C=O) groups excluding carboxylic acids is 1. The number of nitrogens with two attached hydrogens (primary N) is 1. The fourth-order valence-electron chi connectivity index (χ4n) is 2.88. The van der Waals surface area contributed by atoms with Crippen LogP contribution in [0, 0.1) is 17.0 Å². The highest BCUT2D eigenvalue weighted by Gasteiger charge is 2.24. The minimum atomic E-state index is -0.671. The first-order chi connectivity index (χ1) is 16.4. The van der Waals surface area contributed by atoms with Gasteiger partial charge in [-0.3, -0.25) is 14.9 Å². The molecule has 0 aliphatic rings. The Balaban J connectivity index is 1.58. The van der Waals surface area contributed by atoms with Crippen LogP contribution >= 0.6 is 11.8 Å². The molecule has 3 N–H and O–H groups in total. The predicted octanol–water partition coefficient (Wildman–Crippen LogP) is 2.51. The van der Waals surface area contributed by atoms with Gasteiger partial charge < -0.3 is 5.73 Å². The predicted molar refractivity (Wildman–Crippen MR) is 123 cm³/mol. The summed E-state index contributed by atoms with van der Waals surface area (Å²) in [7, 11) is 0. The molecule has 2 aromatic carbocycles. The third kappa shape index (κ3) is 4.91. The van der Waals surface area contributed by atoms with Crippen LogP contribution in [-0.2, 0) is 5.75 Å². The van der Waals surface area contributed by atoms with Crippen molar-refractivity contribution < 1.29 is 14.3 Å². The van der Waals surface area contributed by atoms with E-state index in [4.69, 9.17) is 5.73 Å². The van der Waals surface area contributed by atoms with Crippen LogP contribution in [0.15, 0.2) is 63.2 Å². The molecule has 4 aromatic rings. The third-order valence-electron chi connectivity index (χ3n) is 4.57. The summed E-state index contributed by atoms with van der Waals surface area (Å²) >= 11 is 1.45. The normalized spacial score (nSPS) is 11.1. The second-order valence-corrected chi connectivity index (χ2v) is 7.94. The van der Waals surface area contributed by atoms with E-state index in [0.29, 0.717) is 11.4 Å². The standard InChI is InChI=1S/C20H17N9O4S/c1-12-6-8-14(9-7-12)34-11-16-17(23-27-28(16)19-18(21)25-33-26-19)20(30)24-22-10-13-4-2-3-5-15(13)29(31)32/h2-10H,11H2,1H3,(H2,21,25)(H,24,30). The smallest absolute Gasteiger partial charge is 0.293 e. The molecule has 2 heterocycles. The van der Waals surface area contributed by atoms with E-state index in [2.05, 4.69) is 35.8 Å². The highest BCUT2D eigenvalue weighted by molar-refractivity contribution is 7.98. The summed E-state index contributed by atoms with van der Waals surface area (Å²) in [5.41, 5.74) is 9.68. The first kappa shape index (κ1) is 22.6. The van der Waals surface area contributed by atoms with Crippen molar-refractivity contribution in [3.8, 4) is 5.82 Å². The second-order valence-electron chi connectivity index (χ2n) is 6.89. The van der Waals surface area contributed by atoms with Gasteiger partial charge in [0, 0.05) is 16.7 Å². The molecule has 34 heavy (non-hydrogen) atoms. The number of hydrogen-bond acceptors (Lipinski definition) is 11. The van der Waals surface area contributed by atoms with Crippen LogP contribution in [0.4, 0.5) is 11.5 Å². The highest BCUT2D eigenvalue weighted by Crippen LogP contribution is 2.26. The number of anilines is 1. The largest absolute Gasteiger partial charge is 0.378 e. The Bertz CT molecular complexity index is 1360. The molecule has 13 nitrogen and oxygen atoms in total. The molecule has 0 aliphatic heterocycles. The van der Waals surface area contributed by atoms with Gasteiger partial charge in [-0.05, 0) is 35.4 Å². The van der Waals surface area contributed by atoms with E-state index >= 15 is 0 Å². The van der Waals surface area contributed by atoms with E-state index < -0.39 is 10.8 Å². The molecule has 0 aliphatic carbocycles. The second kappa shape index (κ2) is 9.91. The number of aryl methyl sites for hydroxylation is 1. The number of aromatic nitrogens is 5. The van der Waals surface area contributed by atoms with Crippen molar-refractivity contribution in [2.75, 3.05) is 5.73 Å². The molecule has 0 unspecified atom stereocenters. The van der Waals surface area contributed by atoms with Gasteiger partial charge in [-0.2, -0.15) is 9.78 Å². The number of hydrazone groups is 1. The lowest BCUT2D eigenvalue weighted by Crippen LogP contribution is -2.20. The van der Waals surface area contributed by atoms with Gasteiger partial charge in [-0.15, -0.1) is 16.9 Å². The molecular weight excluding hydrogens is 462 g/mol. The van der Waals surface area contributed by atoms with Crippen molar-refractivity contribution in [2.24, 2.45) is 5.10 Å². The number of thioether (sulfide) groups is 1. The number of nitro groups is 1. The number of nitrogens with zero attached hydrogens (tertiary/aromatic N) is 7. The number of carbonyl (C=O) groups is 1. The Morgan fingerprint density at radius 1 is 1.26 bits per heavy atom. The van der Waals surface area contributed by atoms with Crippen molar-refractivity contribution >= 4 is 35.4 Å². The van der Waals surface area contributed by atoms with Gasteiger partial charge in [0.1, 0.15) is 0 Å². The molecule has 0 bridgehead atoms. The number of nitro benzene ring substituents is 1. The maximum atomic E-state index is 12.8. The maximum Gasteiger partial charge on any atom is 0.293 e. The average Bonchev–Trinajstić information content (AvgIpc) is 3.44. The quantitative estimate of drug-likeness (QED) is 0.165. The summed E-state index contributed by atoms with van der Waals surface area (Å²) in [4.78, 5) is 24.4. The summed E-state index contributed by atoms with van der Waals surface area (Å²) in [5, 5.41) is 30.2. The zero-order valence-corrected chi connectivity index (χ0v) is 18.5. The Kier molecular flexibility index (Phi) is 6.59. The molecule has 2 aromatic heterocycles. The van der Waals surface area contributed by atoms with Crippen molar-refractivity contribution in [1.82, 2.24) is 30.7 Å². The molecule has 14 heteroatoms. The molecule has 0 fully saturated rings. The lowest BCUT2D eigenvalue weighted by molar-refractivity contribution is -0.385. The summed E-state index contributed by atoms with van der Waals surface area (Å²) in [6.07, 6.45) is 1.18. The average molecular weight is 479 g/mol. The third-order valence-corrected chi connectivity index (χ3v) is 5.60. The summed E-state index contributed by atoms with van der Waals surface area (Å²) < 4.78 is 5.92. The lowest BCUT2D eigenvalue weighted by atomic mass is 10.2. The lowest BCUT2D eigenvalue weighted by Gasteiger charge is -2.06.